The highest BCUT2D eigenvalue weighted by atomic mass is 16.6. The largest absolute Gasteiger partial charge is 0.489 e. The fourth-order valence-corrected chi connectivity index (χ4v) is 3.44. The zero-order valence-electron chi connectivity index (χ0n) is 19.7. The van der Waals surface area contributed by atoms with Crippen LogP contribution in [-0.4, -0.2) is 21.1 Å². The average Bonchev–Trinajstić information content (AvgIpc) is 2.78. The molecule has 0 unspecified atom stereocenters. The lowest BCUT2D eigenvalue weighted by atomic mass is 10.00. The van der Waals surface area contributed by atoms with E-state index in [1.165, 1.54) is 16.7 Å². The fraction of sp³-hybridized carbons (Fsp3) is 0.308. The first kappa shape index (κ1) is 24.7. The van der Waals surface area contributed by atoms with E-state index in [0.717, 1.165) is 5.56 Å². The first-order valence-electron chi connectivity index (χ1n) is 10.9. The van der Waals surface area contributed by atoms with Crippen molar-refractivity contribution >= 4 is 11.7 Å². The molecule has 0 radical (unpaired) electrons. The monoisotopic (exact) mass is 464 g/mol. The number of aromatic nitrogens is 1. The number of carbonyl (C=O) groups is 1. The van der Waals surface area contributed by atoms with Gasteiger partial charge in [-0.3, -0.25) is 14.9 Å². The molecule has 0 atom stereocenters. The van der Waals surface area contributed by atoms with Gasteiger partial charge in [-0.2, -0.15) is 0 Å². The molecule has 0 N–H and O–H groups in total. The van der Waals surface area contributed by atoms with E-state index in [2.05, 4.69) is 0 Å². The fourth-order valence-electron chi connectivity index (χ4n) is 3.44. The lowest BCUT2D eigenvalue weighted by Crippen LogP contribution is -2.32. The third-order valence-electron chi connectivity index (χ3n) is 5.11. The molecule has 8 nitrogen and oxygen atoms in total. The molecule has 0 amide bonds. The topological polar surface area (TPSA) is 101 Å². The number of ether oxygens (including phenoxy) is 2. The first-order valence-corrected chi connectivity index (χ1v) is 10.9. The van der Waals surface area contributed by atoms with E-state index in [-0.39, 0.29) is 11.3 Å². The third-order valence-corrected chi connectivity index (χ3v) is 5.11. The van der Waals surface area contributed by atoms with Gasteiger partial charge >= 0.3 is 5.97 Å². The Labute approximate surface area is 197 Å². The molecule has 8 heteroatoms. The Hall–Kier alpha value is -3.94. The molecular formula is C26H28N2O6. The van der Waals surface area contributed by atoms with Crippen molar-refractivity contribution in [2.24, 2.45) is 7.05 Å². The van der Waals surface area contributed by atoms with Crippen molar-refractivity contribution in [2.45, 2.75) is 45.8 Å². The number of nitrogens with zero attached hydrogens (tertiary/aromatic N) is 2. The molecule has 3 aromatic rings. The van der Waals surface area contributed by atoms with Gasteiger partial charge in [0.1, 0.15) is 23.5 Å². The molecule has 1 heterocycles. The van der Waals surface area contributed by atoms with Crippen molar-refractivity contribution in [3.63, 3.8) is 0 Å². The van der Waals surface area contributed by atoms with E-state index in [9.17, 15) is 19.7 Å². The summed E-state index contributed by atoms with van der Waals surface area (Å²) in [6.07, 6.45) is 2.22. The smallest absolute Gasteiger partial charge is 0.344 e. The summed E-state index contributed by atoms with van der Waals surface area (Å²) in [5, 5.41) is 11.3. The second kappa shape index (κ2) is 10.3. The van der Waals surface area contributed by atoms with Crippen molar-refractivity contribution in [1.29, 1.82) is 0 Å². The molecule has 0 aliphatic carbocycles. The van der Waals surface area contributed by atoms with Crippen LogP contribution in [-0.2, 0) is 31.2 Å². The quantitative estimate of drug-likeness (QED) is 0.274. The number of carbonyl (C=O) groups excluding carboxylic acids is 1. The number of hydrogen-bond donors (Lipinski definition) is 0. The second-order valence-electron chi connectivity index (χ2n) is 8.96. The molecular weight excluding hydrogens is 436 g/mol. The SMILES string of the molecule is Cn1ccc(CCc2cc([N+](=O)[O-])ccc2OCc2ccccc2)c(C(=O)OC(C)(C)C)c1=O. The van der Waals surface area contributed by atoms with E-state index in [1.54, 1.807) is 46.1 Å². The van der Waals surface area contributed by atoms with E-state index < -0.39 is 22.1 Å². The molecule has 0 saturated carbocycles. The maximum atomic E-state index is 12.8. The van der Waals surface area contributed by atoms with E-state index in [1.807, 2.05) is 30.3 Å². The Morgan fingerprint density at radius 3 is 2.35 bits per heavy atom. The molecule has 0 fully saturated rings. The highest BCUT2D eigenvalue weighted by molar-refractivity contribution is 5.91. The normalized spacial score (nSPS) is 11.2. The summed E-state index contributed by atoms with van der Waals surface area (Å²) in [6.45, 7) is 5.51. The van der Waals surface area contributed by atoms with Crippen LogP contribution in [0.3, 0.4) is 0 Å². The van der Waals surface area contributed by atoms with E-state index >= 15 is 0 Å². The molecule has 1 aromatic heterocycles. The third kappa shape index (κ3) is 6.31. The van der Waals surface area contributed by atoms with Crippen molar-refractivity contribution in [1.82, 2.24) is 4.57 Å². The van der Waals surface area contributed by atoms with Crippen molar-refractivity contribution in [2.75, 3.05) is 0 Å². The zero-order valence-corrected chi connectivity index (χ0v) is 19.7. The highest BCUT2D eigenvalue weighted by Gasteiger charge is 2.24. The molecule has 3 rings (SSSR count). The highest BCUT2D eigenvalue weighted by Crippen LogP contribution is 2.27. The molecule has 0 bridgehead atoms. The lowest BCUT2D eigenvalue weighted by Gasteiger charge is -2.20. The number of rotatable bonds is 8. The second-order valence-corrected chi connectivity index (χ2v) is 8.96. The molecule has 178 valence electrons. The van der Waals surface area contributed by atoms with Gasteiger partial charge < -0.3 is 14.0 Å². The average molecular weight is 465 g/mol. The molecule has 0 saturated heterocycles. The van der Waals surface area contributed by atoms with Gasteiger partial charge in [0, 0.05) is 30.9 Å². The maximum absolute atomic E-state index is 12.8. The van der Waals surface area contributed by atoms with Gasteiger partial charge in [-0.1, -0.05) is 30.3 Å². The van der Waals surface area contributed by atoms with Crippen LogP contribution < -0.4 is 10.3 Å². The summed E-state index contributed by atoms with van der Waals surface area (Å²) >= 11 is 0. The Morgan fingerprint density at radius 1 is 1.03 bits per heavy atom. The summed E-state index contributed by atoms with van der Waals surface area (Å²) < 4.78 is 12.7. The predicted molar refractivity (Wildman–Crippen MR) is 128 cm³/mol. The van der Waals surface area contributed by atoms with Crippen LogP contribution in [0.2, 0.25) is 0 Å². The number of nitro groups is 1. The minimum Gasteiger partial charge on any atom is -0.489 e. The van der Waals surface area contributed by atoms with Gasteiger partial charge in [-0.15, -0.1) is 0 Å². The Bertz CT molecular complexity index is 1240. The van der Waals surface area contributed by atoms with Crippen LogP contribution in [0.1, 0.15) is 47.8 Å². The van der Waals surface area contributed by atoms with Gasteiger partial charge in [-0.05, 0) is 56.9 Å². The first-order chi connectivity index (χ1) is 16.0. The van der Waals surface area contributed by atoms with Crippen LogP contribution in [0.15, 0.2) is 65.6 Å². The van der Waals surface area contributed by atoms with E-state index in [4.69, 9.17) is 9.47 Å². The number of esters is 1. The van der Waals surface area contributed by atoms with Gasteiger partial charge in [0.25, 0.3) is 11.2 Å². The van der Waals surface area contributed by atoms with Crippen molar-refractivity contribution < 1.29 is 19.2 Å². The number of hydrogen-bond acceptors (Lipinski definition) is 6. The summed E-state index contributed by atoms with van der Waals surface area (Å²) in [5.41, 5.74) is 0.791. The number of non-ortho nitro benzene ring substituents is 1. The number of nitro benzene ring substituents is 1. The molecule has 0 aliphatic heterocycles. The summed E-state index contributed by atoms with van der Waals surface area (Å²) in [4.78, 5) is 36.4. The van der Waals surface area contributed by atoms with Gasteiger partial charge in [-0.25, -0.2) is 4.79 Å². The molecule has 0 spiro atoms. The van der Waals surface area contributed by atoms with E-state index in [0.29, 0.717) is 36.3 Å². The maximum Gasteiger partial charge on any atom is 0.344 e. The molecule has 34 heavy (non-hydrogen) atoms. The van der Waals surface area contributed by atoms with Crippen molar-refractivity contribution in [3.8, 4) is 5.75 Å². The van der Waals surface area contributed by atoms with Crippen LogP contribution in [0.4, 0.5) is 5.69 Å². The van der Waals surface area contributed by atoms with Crippen LogP contribution >= 0.6 is 0 Å². The lowest BCUT2D eigenvalue weighted by molar-refractivity contribution is -0.384. The van der Waals surface area contributed by atoms with Crippen LogP contribution in [0.25, 0.3) is 0 Å². The van der Waals surface area contributed by atoms with Crippen LogP contribution in [0, 0.1) is 10.1 Å². The predicted octanol–water partition coefficient (Wildman–Crippen LogP) is 4.61. The Morgan fingerprint density at radius 2 is 1.71 bits per heavy atom. The number of benzene rings is 2. The minimum atomic E-state index is -0.756. The minimum absolute atomic E-state index is 0.0305. The van der Waals surface area contributed by atoms with Gasteiger partial charge in [0.05, 0.1) is 4.92 Å². The zero-order chi connectivity index (χ0) is 24.9. The number of aryl methyl sites for hydroxylation is 3. The van der Waals surface area contributed by atoms with Crippen molar-refractivity contribution in [3.05, 3.63) is 104 Å². The standard InChI is InChI=1S/C26H28N2O6/c1-26(2,3)34-25(30)23-19(14-15-27(4)24(23)29)10-11-20-16-21(28(31)32)12-13-22(20)33-17-18-8-6-5-7-9-18/h5-9,12-16H,10-11,17H2,1-4H3. The van der Waals surface area contributed by atoms with Gasteiger partial charge in [0.2, 0.25) is 0 Å². The molecule has 0 aliphatic rings. The summed E-state index contributed by atoms with van der Waals surface area (Å²) in [7, 11) is 1.57. The Balaban J connectivity index is 1.90. The van der Waals surface area contributed by atoms with Gasteiger partial charge in [0.15, 0.2) is 0 Å². The number of pyridine rings is 1. The van der Waals surface area contributed by atoms with Crippen LogP contribution in [0.5, 0.6) is 5.75 Å². The Kier molecular flexibility index (Phi) is 7.50. The summed E-state index contributed by atoms with van der Waals surface area (Å²) in [5.74, 6) is -0.180. The molecule has 2 aromatic carbocycles. The summed E-state index contributed by atoms with van der Waals surface area (Å²) in [6, 6.07) is 15.7.